The predicted octanol–water partition coefficient (Wildman–Crippen LogP) is 3.00. The maximum absolute atomic E-state index is 13.5. The number of nitrogen functional groups attached to an aromatic ring is 1. The zero-order valence-corrected chi connectivity index (χ0v) is 29.3. The summed E-state index contributed by atoms with van der Waals surface area (Å²) in [5.74, 6) is -0.482. The van der Waals surface area contributed by atoms with Gasteiger partial charge in [0.2, 0.25) is 17.7 Å². The van der Waals surface area contributed by atoms with Crippen molar-refractivity contribution >= 4 is 44.8 Å². The molecular weight excluding hydrogens is 650 g/mol. The number of rotatable bonds is 14. The summed E-state index contributed by atoms with van der Waals surface area (Å²) in [4.78, 5) is 44.2. The molecule has 14 nitrogen and oxygen atoms in total. The number of fused-ring (bicyclic) bond motifs is 1. The molecule has 266 valence electrons. The zero-order valence-electron chi connectivity index (χ0n) is 28.5. The van der Waals surface area contributed by atoms with Crippen LogP contribution in [0.3, 0.4) is 0 Å². The Hall–Kier alpha value is -4.47. The fraction of sp³-hybridized carbons (Fsp3) is 0.471. The van der Waals surface area contributed by atoms with Crippen LogP contribution in [-0.2, 0) is 37.9 Å². The fourth-order valence-corrected chi connectivity index (χ4v) is 6.70. The Balaban J connectivity index is 1.40. The minimum Gasteiger partial charge on any atom is -0.488 e. The number of amides is 3. The molecule has 0 saturated carbocycles. The highest BCUT2D eigenvalue weighted by Gasteiger charge is 2.34. The van der Waals surface area contributed by atoms with E-state index >= 15 is 0 Å². The first kappa shape index (κ1) is 37.4. The van der Waals surface area contributed by atoms with Crippen molar-refractivity contribution in [1.29, 1.82) is 0 Å². The number of aliphatic hydroxyl groups excluding tert-OH is 1. The largest absolute Gasteiger partial charge is 0.488 e. The van der Waals surface area contributed by atoms with Gasteiger partial charge in [0.25, 0.3) is 10.0 Å². The highest BCUT2D eigenvalue weighted by molar-refractivity contribution is 7.89. The number of benzene rings is 2. The number of para-hydroxylation sites is 2. The van der Waals surface area contributed by atoms with E-state index in [0.29, 0.717) is 54.1 Å². The molecule has 3 aromatic rings. The minimum absolute atomic E-state index is 0.0183. The second-order valence-electron chi connectivity index (χ2n) is 12.6. The summed E-state index contributed by atoms with van der Waals surface area (Å²) in [7, 11) is -0.771. The number of aryl methyl sites for hydroxylation is 1. The highest BCUT2D eigenvalue weighted by Crippen LogP contribution is 2.30. The summed E-state index contributed by atoms with van der Waals surface area (Å²) in [6, 6.07) is 11.6. The molecule has 1 aliphatic heterocycles. The van der Waals surface area contributed by atoms with Crippen molar-refractivity contribution in [2.24, 2.45) is 13.0 Å². The SMILES string of the molecule is C[C@H](CO)N1C[C@H](C)[C@@H](CN(C)S(=O)(=O)c2cn(C)cn2)Oc2ccc(NC(=O)CCCCCC(=O)Nc3ccccc3N)cc2CC1=O. The van der Waals surface area contributed by atoms with Crippen molar-refractivity contribution in [2.75, 3.05) is 43.1 Å². The van der Waals surface area contributed by atoms with E-state index in [2.05, 4.69) is 15.6 Å². The molecule has 2 heterocycles. The summed E-state index contributed by atoms with van der Waals surface area (Å²) < 4.78 is 35.7. The van der Waals surface area contributed by atoms with E-state index in [1.807, 2.05) is 6.92 Å². The molecule has 0 radical (unpaired) electrons. The second kappa shape index (κ2) is 16.8. The van der Waals surface area contributed by atoms with Gasteiger partial charge in [-0.2, -0.15) is 4.31 Å². The number of carbonyl (C=O) groups is 3. The van der Waals surface area contributed by atoms with Gasteiger partial charge in [0, 0.05) is 56.8 Å². The van der Waals surface area contributed by atoms with Gasteiger partial charge in [-0.1, -0.05) is 25.5 Å². The fourth-order valence-electron chi connectivity index (χ4n) is 5.55. The lowest BCUT2D eigenvalue weighted by molar-refractivity contribution is -0.134. The van der Waals surface area contributed by atoms with E-state index in [9.17, 15) is 27.9 Å². The van der Waals surface area contributed by atoms with Gasteiger partial charge < -0.3 is 35.7 Å². The number of aromatic nitrogens is 2. The molecule has 15 heteroatoms. The van der Waals surface area contributed by atoms with Gasteiger partial charge in [-0.15, -0.1) is 0 Å². The number of nitrogens with two attached hydrogens (primary N) is 1. The van der Waals surface area contributed by atoms with Crippen LogP contribution < -0.4 is 21.1 Å². The lowest BCUT2D eigenvalue weighted by atomic mass is 10.0. The molecule has 0 saturated heterocycles. The van der Waals surface area contributed by atoms with Crippen LogP contribution in [0.5, 0.6) is 5.75 Å². The number of carbonyl (C=O) groups excluding carboxylic acids is 3. The number of aliphatic hydroxyl groups is 1. The molecule has 4 rings (SSSR count). The van der Waals surface area contributed by atoms with E-state index in [1.165, 1.54) is 23.9 Å². The highest BCUT2D eigenvalue weighted by atomic mass is 32.2. The third kappa shape index (κ3) is 10.0. The van der Waals surface area contributed by atoms with Crippen LogP contribution in [-0.4, -0.2) is 88.9 Å². The first-order chi connectivity index (χ1) is 23.3. The van der Waals surface area contributed by atoms with Crippen LogP contribution in [0.2, 0.25) is 0 Å². The average Bonchev–Trinajstić information content (AvgIpc) is 3.52. The molecule has 2 aromatic carbocycles. The number of anilines is 3. The first-order valence-electron chi connectivity index (χ1n) is 16.4. The van der Waals surface area contributed by atoms with Gasteiger partial charge >= 0.3 is 0 Å². The quantitative estimate of drug-likeness (QED) is 0.145. The normalized spacial score (nSPS) is 17.3. The molecule has 0 aliphatic carbocycles. The Kier molecular flexibility index (Phi) is 12.8. The molecule has 1 aromatic heterocycles. The molecule has 3 atom stereocenters. The number of nitrogens with zero attached hydrogens (tertiary/aromatic N) is 4. The standard InChI is InChI=1S/C34H47N7O7S/c1-23-18-41(24(2)21-42)34(45)17-25-16-26(37-31(43)12-6-5-7-13-32(44)38-28-11-9-8-10-27(28)35)14-15-29(25)48-30(23)19-40(4)49(46,47)33-20-39(3)22-36-33/h8-11,14-16,20,22-24,30,42H,5-7,12-13,17-19,21,35H2,1-4H3,(H,37,43)(H,38,44)/t23-,24+,30+/m0/s1. The zero-order chi connectivity index (χ0) is 35.7. The molecule has 1 aliphatic rings. The van der Waals surface area contributed by atoms with Gasteiger partial charge in [0.15, 0.2) is 5.03 Å². The van der Waals surface area contributed by atoms with Crippen LogP contribution >= 0.6 is 0 Å². The monoisotopic (exact) mass is 697 g/mol. The number of hydrogen-bond donors (Lipinski definition) is 4. The summed E-state index contributed by atoms with van der Waals surface area (Å²) in [6.45, 7) is 3.60. The molecule has 0 bridgehead atoms. The Morgan fingerprint density at radius 1 is 1.12 bits per heavy atom. The van der Waals surface area contributed by atoms with Crippen LogP contribution in [0.1, 0.15) is 51.5 Å². The van der Waals surface area contributed by atoms with Gasteiger partial charge in [0.1, 0.15) is 11.9 Å². The summed E-state index contributed by atoms with van der Waals surface area (Å²) in [5, 5.41) is 15.5. The molecule has 5 N–H and O–H groups in total. The molecule has 49 heavy (non-hydrogen) atoms. The van der Waals surface area contributed by atoms with Crippen molar-refractivity contribution in [3.63, 3.8) is 0 Å². The van der Waals surface area contributed by atoms with E-state index in [1.54, 1.807) is 65.9 Å². The van der Waals surface area contributed by atoms with E-state index in [4.69, 9.17) is 10.5 Å². The average molecular weight is 698 g/mol. The van der Waals surface area contributed by atoms with Crippen LogP contribution in [0.15, 0.2) is 60.0 Å². The Morgan fingerprint density at radius 3 is 2.47 bits per heavy atom. The van der Waals surface area contributed by atoms with E-state index in [-0.39, 0.29) is 61.2 Å². The van der Waals surface area contributed by atoms with Gasteiger partial charge in [-0.3, -0.25) is 14.4 Å². The Labute approximate surface area is 287 Å². The van der Waals surface area contributed by atoms with Gasteiger partial charge in [-0.25, -0.2) is 13.4 Å². The third-order valence-corrected chi connectivity index (χ3v) is 10.2. The number of imidazole rings is 1. The number of ether oxygens (including phenoxy) is 1. The topological polar surface area (TPSA) is 189 Å². The van der Waals surface area contributed by atoms with Crippen LogP contribution in [0, 0.1) is 5.92 Å². The second-order valence-corrected chi connectivity index (χ2v) is 14.6. The molecular formula is C34H47N7O7S. The number of nitrogens with one attached hydrogen (secondary N) is 2. The minimum atomic E-state index is -3.92. The number of hydrogen-bond acceptors (Lipinski definition) is 9. The van der Waals surface area contributed by atoms with Crippen molar-refractivity contribution in [3.8, 4) is 5.75 Å². The smallest absolute Gasteiger partial charge is 0.261 e. The number of sulfonamides is 1. The third-order valence-electron chi connectivity index (χ3n) is 8.54. The summed E-state index contributed by atoms with van der Waals surface area (Å²) >= 11 is 0. The van der Waals surface area contributed by atoms with Crippen molar-refractivity contribution in [2.45, 2.75) is 69.5 Å². The molecule has 0 fully saturated rings. The molecule has 3 amide bonds. The summed E-state index contributed by atoms with van der Waals surface area (Å²) in [6.07, 6.45) is 4.58. The predicted molar refractivity (Wildman–Crippen MR) is 186 cm³/mol. The Bertz CT molecular complexity index is 1730. The van der Waals surface area contributed by atoms with Crippen molar-refractivity contribution in [3.05, 3.63) is 60.6 Å². The van der Waals surface area contributed by atoms with Crippen molar-refractivity contribution < 1.29 is 32.6 Å². The van der Waals surface area contributed by atoms with Crippen molar-refractivity contribution in [1.82, 2.24) is 18.8 Å². The Morgan fingerprint density at radius 2 is 1.82 bits per heavy atom. The summed E-state index contributed by atoms with van der Waals surface area (Å²) in [5.41, 5.74) is 7.96. The number of likely N-dealkylation sites (N-methyl/N-ethyl adjacent to an activating group) is 1. The van der Waals surface area contributed by atoms with E-state index in [0.717, 1.165) is 0 Å². The van der Waals surface area contributed by atoms with Gasteiger partial charge in [-0.05, 0) is 50.1 Å². The number of unbranched alkanes of at least 4 members (excludes halogenated alkanes) is 2. The molecule has 0 spiro atoms. The maximum atomic E-state index is 13.5. The maximum Gasteiger partial charge on any atom is 0.261 e. The van der Waals surface area contributed by atoms with Crippen LogP contribution in [0.25, 0.3) is 0 Å². The first-order valence-corrected chi connectivity index (χ1v) is 17.8. The van der Waals surface area contributed by atoms with E-state index < -0.39 is 22.2 Å². The van der Waals surface area contributed by atoms with Crippen LogP contribution in [0.4, 0.5) is 17.1 Å². The lowest BCUT2D eigenvalue weighted by Crippen LogP contribution is -2.48. The van der Waals surface area contributed by atoms with Gasteiger partial charge in [0.05, 0.1) is 43.3 Å². The molecule has 0 unspecified atom stereocenters. The lowest BCUT2D eigenvalue weighted by Gasteiger charge is -2.33.